The van der Waals surface area contributed by atoms with Crippen LogP contribution in [-0.2, 0) is 4.79 Å². The SMILES string of the molecule is CCCCC(O)C=C(C)C=C/C=C(C)/C=C(C)/C=C/C(=O)O. The lowest BCUT2D eigenvalue weighted by molar-refractivity contribution is -0.131. The van der Waals surface area contributed by atoms with Crippen molar-refractivity contribution in [3.8, 4) is 0 Å². The number of rotatable bonds is 9. The molecule has 0 aromatic heterocycles. The largest absolute Gasteiger partial charge is 0.478 e. The zero-order chi connectivity index (χ0) is 17.0. The lowest BCUT2D eigenvalue weighted by Crippen LogP contribution is -2.01. The Balaban J connectivity index is 4.58. The highest BCUT2D eigenvalue weighted by Crippen LogP contribution is 2.07. The summed E-state index contributed by atoms with van der Waals surface area (Å²) in [5.41, 5.74) is 2.94. The molecule has 0 rings (SSSR count). The van der Waals surface area contributed by atoms with Gasteiger partial charge in [0, 0.05) is 6.08 Å². The second-order valence-corrected chi connectivity index (χ2v) is 5.45. The predicted octanol–water partition coefficient (Wildman–Crippen LogP) is 4.57. The third-order valence-corrected chi connectivity index (χ3v) is 2.97. The van der Waals surface area contributed by atoms with Crippen molar-refractivity contribution in [1.29, 1.82) is 0 Å². The first-order valence-electron chi connectivity index (χ1n) is 7.66. The Labute approximate surface area is 134 Å². The van der Waals surface area contributed by atoms with E-state index in [-0.39, 0.29) is 6.10 Å². The fourth-order valence-electron chi connectivity index (χ4n) is 1.87. The lowest BCUT2D eigenvalue weighted by atomic mass is 10.1. The molecule has 0 aromatic rings. The number of aliphatic carboxylic acids is 1. The third-order valence-electron chi connectivity index (χ3n) is 2.97. The highest BCUT2D eigenvalue weighted by molar-refractivity contribution is 5.80. The van der Waals surface area contributed by atoms with Crippen molar-refractivity contribution in [3.63, 3.8) is 0 Å². The summed E-state index contributed by atoms with van der Waals surface area (Å²) >= 11 is 0. The van der Waals surface area contributed by atoms with Gasteiger partial charge in [0.2, 0.25) is 0 Å². The normalized spacial score (nSPS) is 15.8. The van der Waals surface area contributed by atoms with E-state index in [0.717, 1.165) is 42.1 Å². The van der Waals surface area contributed by atoms with Crippen LogP contribution >= 0.6 is 0 Å². The molecule has 0 saturated heterocycles. The van der Waals surface area contributed by atoms with Gasteiger partial charge in [-0.15, -0.1) is 0 Å². The van der Waals surface area contributed by atoms with Crippen LogP contribution in [-0.4, -0.2) is 22.3 Å². The Hall–Kier alpha value is -1.87. The van der Waals surface area contributed by atoms with E-state index >= 15 is 0 Å². The molecule has 1 atom stereocenters. The second-order valence-electron chi connectivity index (χ2n) is 5.45. The van der Waals surface area contributed by atoms with Crippen LogP contribution in [0.5, 0.6) is 0 Å². The number of carboxylic acids is 1. The standard InChI is InChI=1S/C19H28O3/c1-5-6-10-18(20)14-16(3)9-7-8-15(2)13-17(4)11-12-19(21)22/h7-9,11-14,18,20H,5-6,10H2,1-4H3,(H,21,22)/b9-7?,12-11+,15-8+,16-14?,17-13+. The van der Waals surface area contributed by atoms with Gasteiger partial charge in [0.05, 0.1) is 6.10 Å². The summed E-state index contributed by atoms with van der Waals surface area (Å²) in [7, 11) is 0. The predicted molar refractivity (Wildman–Crippen MR) is 92.7 cm³/mol. The van der Waals surface area contributed by atoms with Crippen LogP contribution in [0.1, 0.15) is 47.0 Å². The third kappa shape index (κ3) is 11.9. The Morgan fingerprint density at radius 2 is 1.73 bits per heavy atom. The van der Waals surface area contributed by atoms with Gasteiger partial charge in [-0.3, -0.25) is 0 Å². The van der Waals surface area contributed by atoms with Crippen molar-refractivity contribution in [2.75, 3.05) is 0 Å². The maximum atomic E-state index is 10.4. The molecule has 0 heterocycles. The Morgan fingerprint density at radius 3 is 2.32 bits per heavy atom. The van der Waals surface area contributed by atoms with E-state index in [4.69, 9.17) is 5.11 Å². The van der Waals surface area contributed by atoms with Gasteiger partial charge in [-0.1, -0.05) is 72.9 Å². The fourth-order valence-corrected chi connectivity index (χ4v) is 1.87. The topological polar surface area (TPSA) is 57.5 Å². The number of aliphatic hydroxyl groups excluding tert-OH is 1. The summed E-state index contributed by atoms with van der Waals surface area (Å²) in [5, 5.41) is 18.3. The molecule has 0 aliphatic heterocycles. The van der Waals surface area contributed by atoms with Gasteiger partial charge in [0.1, 0.15) is 0 Å². The number of allylic oxidation sites excluding steroid dienone is 8. The molecule has 0 aliphatic rings. The molecule has 22 heavy (non-hydrogen) atoms. The molecule has 3 nitrogen and oxygen atoms in total. The minimum absolute atomic E-state index is 0.377. The quantitative estimate of drug-likeness (QED) is 0.484. The van der Waals surface area contributed by atoms with Crippen molar-refractivity contribution in [2.45, 2.75) is 53.1 Å². The summed E-state index contributed by atoms with van der Waals surface area (Å²) in [4.78, 5) is 10.4. The number of carboxylic acid groups (broad SMARTS) is 1. The Kier molecular flexibility index (Phi) is 10.8. The molecule has 0 aliphatic carbocycles. The van der Waals surface area contributed by atoms with Crippen molar-refractivity contribution < 1.29 is 15.0 Å². The summed E-state index contributed by atoms with van der Waals surface area (Å²) in [6.07, 6.45) is 14.8. The summed E-state index contributed by atoms with van der Waals surface area (Å²) in [6, 6.07) is 0. The number of carbonyl (C=O) groups is 1. The van der Waals surface area contributed by atoms with Crippen LogP contribution in [0, 0.1) is 0 Å². The minimum atomic E-state index is -0.948. The molecule has 3 heteroatoms. The van der Waals surface area contributed by atoms with Crippen molar-refractivity contribution in [2.24, 2.45) is 0 Å². The smallest absolute Gasteiger partial charge is 0.328 e. The molecule has 0 radical (unpaired) electrons. The van der Waals surface area contributed by atoms with Crippen LogP contribution in [0.2, 0.25) is 0 Å². The first kappa shape index (κ1) is 20.1. The molecule has 122 valence electrons. The van der Waals surface area contributed by atoms with Gasteiger partial charge < -0.3 is 10.2 Å². The number of hydrogen-bond donors (Lipinski definition) is 2. The summed E-state index contributed by atoms with van der Waals surface area (Å²) < 4.78 is 0. The molecular weight excluding hydrogens is 276 g/mol. The average Bonchev–Trinajstić information content (AvgIpc) is 2.42. The first-order valence-corrected chi connectivity index (χ1v) is 7.66. The molecule has 0 saturated carbocycles. The van der Waals surface area contributed by atoms with Gasteiger partial charge in [0.25, 0.3) is 0 Å². The van der Waals surface area contributed by atoms with Crippen LogP contribution in [0.3, 0.4) is 0 Å². The molecule has 0 amide bonds. The minimum Gasteiger partial charge on any atom is -0.478 e. The van der Waals surface area contributed by atoms with Crippen molar-refractivity contribution in [1.82, 2.24) is 0 Å². The lowest BCUT2D eigenvalue weighted by Gasteiger charge is -2.04. The number of aliphatic hydroxyl groups is 1. The van der Waals surface area contributed by atoms with Gasteiger partial charge in [0.15, 0.2) is 0 Å². The molecule has 0 spiro atoms. The maximum absolute atomic E-state index is 10.4. The van der Waals surface area contributed by atoms with E-state index in [9.17, 15) is 9.90 Å². The number of hydrogen-bond acceptors (Lipinski definition) is 2. The van der Waals surface area contributed by atoms with Gasteiger partial charge in [-0.25, -0.2) is 4.79 Å². The highest BCUT2D eigenvalue weighted by atomic mass is 16.4. The van der Waals surface area contributed by atoms with E-state index in [1.165, 1.54) is 0 Å². The van der Waals surface area contributed by atoms with E-state index in [0.29, 0.717) is 0 Å². The Bertz CT molecular complexity index is 491. The van der Waals surface area contributed by atoms with Gasteiger partial charge in [-0.05, 0) is 27.2 Å². The zero-order valence-electron chi connectivity index (χ0n) is 14.0. The molecule has 0 aromatic carbocycles. The highest BCUT2D eigenvalue weighted by Gasteiger charge is 1.98. The van der Waals surface area contributed by atoms with Gasteiger partial charge >= 0.3 is 5.97 Å². The maximum Gasteiger partial charge on any atom is 0.328 e. The van der Waals surface area contributed by atoms with Crippen LogP contribution in [0.15, 0.2) is 59.3 Å². The monoisotopic (exact) mass is 304 g/mol. The second kappa shape index (κ2) is 11.8. The van der Waals surface area contributed by atoms with Gasteiger partial charge in [-0.2, -0.15) is 0 Å². The van der Waals surface area contributed by atoms with E-state index in [1.54, 1.807) is 6.08 Å². The first-order chi connectivity index (χ1) is 10.3. The van der Waals surface area contributed by atoms with Crippen LogP contribution in [0.4, 0.5) is 0 Å². The van der Waals surface area contributed by atoms with Crippen LogP contribution in [0.25, 0.3) is 0 Å². The molecule has 1 unspecified atom stereocenters. The summed E-state index contributed by atoms with van der Waals surface area (Å²) in [5.74, 6) is -0.948. The molecule has 0 bridgehead atoms. The Morgan fingerprint density at radius 1 is 1.05 bits per heavy atom. The van der Waals surface area contributed by atoms with Crippen LogP contribution < -0.4 is 0 Å². The molecule has 0 fully saturated rings. The molecule has 2 N–H and O–H groups in total. The van der Waals surface area contributed by atoms with Crippen molar-refractivity contribution >= 4 is 5.97 Å². The average molecular weight is 304 g/mol. The zero-order valence-corrected chi connectivity index (χ0v) is 14.0. The van der Waals surface area contributed by atoms with E-state index < -0.39 is 5.97 Å². The fraction of sp³-hybridized carbons (Fsp3) is 0.421. The van der Waals surface area contributed by atoms with Crippen molar-refractivity contribution in [3.05, 3.63) is 59.3 Å². The molecular formula is C19H28O3. The summed E-state index contributed by atoms with van der Waals surface area (Å²) in [6.45, 7) is 7.89. The number of unbranched alkanes of at least 4 members (excludes halogenated alkanes) is 1. The van der Waals surface area contributed by atoms with E-state index in [1.807, 2.05) is 51.2 Å². The van der Waals surface area contributed by atoms with E-state index in [2.05, 4.69) is 6.92 Å².